The Morgan fingerprint density at radius 2 is 2.11 bits per heavy atom. The SMILES string of the molecule is CC1CCC(C)N(c2cnc(C(C)C)nc2CO)C1. The Balaban J connectivity index is 2.32. The van der Waals surface area contributed by atoms with Crippen LogP contribution in [0.15, 0.2) is 6.20 Å². The summed E-state index contributed by atoms with van der Waals surface area (Å²) in [6.07, 6.45) is 4.36. The van der Waals surface area contributed by atoms with E-state index in [0.29, 0.717) is 12.0 Å². The first kappa shape index (κ1) is 14.3. The van der Waals surface area contributed by atoms with Gasteiger partial charge in [0.15, 0.2) is 0 Å². The molecule has 106 valence electrons. The molecule has 1 aromatic rings. The van der Waals surface area contributed by atoms with Crippen molar-refractivity contribution >= 4 is 5.69 Å². The number of anilines is 1. The molecule has 2 heterocycles. The van der Waals surface area contributed by atoms with E-state index in [1.54, 1.807) is 0 Å². The van der Waals surface area contributed by atoms with E-state index in [0.717, 1.165) is 23.8 Å². The molecule has 1 fully saturated rings. The van der Waals surface area contributed by atoms with Crippen LogP contribution in [0.4, 0.5) is 5.69 Å². The maximum atomic E-state index is 9.59. The second-order valence-electron chi connectivity index (χ2n) is 6.06. The molecule has 0 amide bonds. The molecule has 4 nitrogen and oxygen atoms in total. The lowest BCUT2D eigenvalue weighted by Crippen LogP contribution is -2.41. The smallest absolute Gasteiger partial charge is 0.131 e. The fourth-order valence-corrected chi connectivity index (χ4v) is 2.69. The van der Waals surface area contributed by atoms with Crippen molar-refractivity contribution < 1.29 is 5.11 Å². The molecule has 1 N–H and O–H groups in total. The molecule has 1 aliphatic rings. The summed E-state index contributed by atoms with van der Waals surface area (Å²) in [7, 11) is 0. The second-order valence-corrected chi connectivity index (χ2v) is 6.06. The van der Waals surface area contributed by atoms with Crippen molar-refractivity contribution in [1.29, 1.82) is 0 Å². The molecule has 0 bridgehead atoms. The highest BCUT2D eigenvalue weighted by molar-refractivity contribution is 5.50. The Hall–Kier alpha value is -1.16. The van der Waals surface area contributed by atoms with Crippen molar-refractivity contribution in [3.63, 3.8) is 0 Å². The van der Waals surface area contributed by atoms with E-state index in [1.807, 2.05) is 6.20 Å². The standard InChI is InChI=1S/C15H25N3O/c1-10(2)15-16-7-14(13(9-19)17-15)18-8-11(3)5-6-12(18)4/h7,10-12,19H,5-6,8-9H2,1-4H3. The van der Waals surface area contributed by atoms with Crippen molar-refractivity contribution in [3.05, 3.63) is 17.7 Å². The highest BCUT2D eigenvalue weighted by Crippen LogP contribution is 2.29. The van der Waals surface area contributed by atoms with Crippen LogP contribution in [0, 0.1) is 5.92 Å². The lowest BCUT2D eigenvalue weighted by Gasteiger charge is -2.39. The zero-order chi connectivity index (χ0) is 14.0. The average molecular weight is 263 g/mol. The Labute approximate surface area is 115 Å². The van der Waals surface area contributed by atoms with Gasteiger partial charge in [0.25, 0.3) is 0 Å². The zero-order valence-corrected chi connectivity index (χ0v) is 12.4. The van der Waals surface area contributed by atoms with Gasteiger partial charge >= 0.3 is 0 Å². The molecule has 1 aliphatic heterocycles. The van der Waals surface area contributed by atoms with Crippen molar-refractivity contribution in [2.75, 3.05) is 11.4 Å². The molecule has 0 radical (unpaired) electrons. The Morgan fingerprint density at radius 3 is 2.74 bits per heavy atom. The first-order chi connectivity index (χ1) is 9.02. The molecular formula is C15H25N3O. The van der Waals surface area contributed by atoms with Crippen LogP contribution < -0.4 is 4.90 Å². The van der Waals surface area contributed by atoms with Crippen LogP contribution in [-0.2, 0) is 6.61 Å². The van der Waals surface area contributed by atoms with Crippen molar-refractivity contribution in [2.24, 2.45) is 5.92 Å². The van der Waals surface area contributed by atoms with Gasteiger partial charge in [-0.15, -0.1) is 0 Å². The fourth-order valence-electron chi connectivity index (χ4n) is 2.69. The Kier molecular flexibility index (Phi) is 4.40. The number of aliphatic hydroxyl groups excluding tert-OH is 1. The van der Waals surface area contributed by atoms with E-state index in [2.05, 4.69) is 42.6 Å². The van der Waals surface area contributed by atoms with Gasteiger partial charge in [0, 0.05) is 18.5 Å². The second kappa shape index (κ2) is 5.87. The van der Waals surface area contributed by atoms with Crippen molar-refractivity contribution in [2.45, 2.75) is 59.1 Å². The number of piperidine rings is 1. The predicted molar refractivity (Wildman–Crippen MR) is 77.2 cm³/mol. The monoisotopic (exact) mass is 263 g/mol. The normalized spacial score (nSPS) is 24.0. The molecule has 0 aromatic carbocycles. The summed E-state index contributed by atoms with van der Waals surface area (Å²) < 4.78 is 0. The van der Waals surface area contributed by atoms with Gasteiger partial charge in [0.1, 0.15) is 5.82 Å². The van der Waals surface area contributed by atoms with Gasteiger partial charge in [0.2, 0.25) is 0 Å². The molecule has 1 aromatic heterocycles. The highest BCUT2D eigenvalue weighted by Gasteiger charge is 2.25. The quantitative estimate of drug-likeness (QED) is 0.911. The van der Waals surface area contributed by atoms with Crippen LogP contribution in [0.2, 0.25) is 0 Å². The van der Waals surface area contributed by atoms with Gasteiger partial charge in [-0.05, 0) is 25.7 Å². The van der Waals surface area contributed by atoms with E-state index < -0.39 is 0 Å². The third kappa shape index (κ3) is 3.06. The van der Waals surface area contributed by atoms with E-state index >= 15 is 0 Å². The molecule has 2 rings (SSSR count). The van der Waals surface area contributed by atoms with E-state index in [-0.39, 0.29) is 12.5 Å². The number of hydrogen-bond donors (Lipinski definition) is 1. The summed E-state index contributed by atoms with van der Waals surface area (Å²) in [5.41, 5.74) is 1.77. The van der Waals surface area contributed by atoms with Crippen LogP contribution in [0.3, 0.4) is 0 Å². The first-order valence-corrected chi connectivity index (χ1v) is 7.26. The molecule has 4 heteroatoms. The summed E-state index contributed by atoms with van der Waals surface area (Å²) in [5.74, 6) is 1.79. The molecule has 2 unspecified atom stereocenters. The third-order valence-corrected chi connectivity index (χ3v) is 3.96. The van der Waals surface area contributed by atoms with Crippen LogP contribution >= 0.6 is 0 Å². The molecule has 2 atom stereocenters. The van der Waals surface area contributed by atoms with Crippen LogP contribution in [0.5, 0.6) is 0 Å². The minimum Gasteiger partial charge on any atom is -0.390 e. The lowest BCUT2D eigenvalue weighted by molar-refractivity contribution is 0.275. The molecule has 1 saturated heterocycles. The summed E-state index contributed by atoms with van der Waals surface area (Å²) >= 11 is 0. The maximum absolute atomic E-state index is 9.59. The summed E-state index contributed by atoms with van der Waals surface area (Å²) in [5, 5.41) is 9.59. The molecule has 0 aliphatic carbocycles. The van der Waals surface area contributed by atoms with Gasteiger partial charge in [-0.2, -0.15) is 0 Å². The van der Waals surface area contributed by atoms with Gasteiger partial charge in [-0.25, -0.2) is 9.97 Å². The Morgan fingerprint density at radius 1 is 1.37 bits per heavy atom. The minimum absolute atomic E-state index is 0.0187. The van der Waals surface area contributed by atoms with Gasteiger partial charge in [0.05, 0.1) is 24.2 Å². The maximum Gasteiger partial charge on any atom is 0.131 e. The zero-order valence-electron chi connectivity index (χ0n) is 12.4. The molecule has 0 spiro atoms. The number of rotatable bonds is 3. The van der Waals surface area contributed by atoms with Crippen LogP contribution in [-0.4, -0.2) is 27.7 Å². The highest BCUT2D eigenvalue weighted by atomic mass is 16.3. The minimum atomic E-state index is -0.0187. The summed E-state index contributed by atoms with van der Waals surface area (Å²) in [6, 6.07) is 0.495. The molecular weight excluding hydrogens is 238 g/mol. The summed E-state index contributed by atoms with van der Waals surface area (Å²) in [4.78, 5) is 11.3. The summed E-state index contributed by atoms with van der Waals surface area (Å²) in [6.45, 7) is 9.67. The third-order valence-electron chi connectivity index (χ3n) is 3.96. The van der Waals surface area contributed by atoms with Crippen LogP contribution in [0.25, 0.3) is 0 Å². The van der Waals surface area contributed by atoms with E-state index in [4.69, 9.17) is 0 Å². The van der Waals surface area contributed by atoms with Crippen LogP contribution in [0.1, 0.15) is 58.0 Å². The lowest BCUT2D eigenvalue weighted by atomic mass is 9.94. The fraction of sp³-hybridized carbons (Fsp3) is 0.733. The molecule has 19 heavy (non-hydrogen) atoms. The number of aromatic nitrogens is 2. The number of hydrogen-bond acceptors (Lipinski definition) is 4. The Bertz CT molecular complexity index is 433. The largest absolute Gasteiger partial charge is 0.390 e. The van der Waals surface area contributed by atoms with Gasteiger partial charge in [-0.3, -0.25) is 0 Å². The van der Waals surface area contributed by atoms with E-state index in [9.17, 15) is 5.11 Å². The van der Waals surface area contributed by atoms with E-state index in [1.165, 1.54) is 12.8 Å². The molecule has 0 saturated carbocycles. The van der Waals surface area contributed by atoms with Gasteiger partial charge < -0.3 is 10.0 Å². The average Bonchev–Trinajstić information content (AvgIpc) is 2.40. The predicted octanol–water partition coefficient (Wildman–Crippen LogP) is 2.72. The van der Waals surface area contributed by atoms with Gasteiger partial charge in [-0.1, -0.05) is 20.8 Å². The van der Waals surface area contributed by atoms with Crippen molar-refractivity contribution in [3.8, 4) is 0 Å². The topological polar surface area (TPSA) is 49.2 Å². The van der Waals surface area contributed by atoms with Crippen molar-refractivity contribution in [1.82, 2.24) is 9.97 Å². The number of aliphatic hydroxyl groups is 1. The first-order valence-electron chi connectivity index (χ1n) is 7.26. The number of nitrogens with zero attached hydrogens (tertiary/aromatic N) is 3.